The molecule has 0 amide bonds. The molecule has 3 aromatic rings. The van der Waals surface area contributed by atoms with E-state index in [9.17, 15) is 0 Å². The molecule has 0 aromatic heterocycles. The molecule has 0 N–H and O–H groups in total. The summed E-state index contributed by atoms with van der Waals surface area (Å²) in [5, 5.41) is 0. The Bertz CT molecular complexity index is 771. The molecule has 0 unspecified atom stereocenters. The van der Waals surface area contributed by atoms with E-state index in [1.54, 1.807) is 14.8 Å². The Hall–Kier alpha value is -1.61. The second-order valence-corrected chi connectivity index (χ2v) is 21.6. The second kappa shape index (κ2) is 10.2. The Morgan fingerprint density at radius 2 is 1.00 bits per heavy atom. The van der Waals surface area contributed by atoms with Gasteiger partial charge in [-0.3, -0.25) is 0 Å². The van der Waals surface area contributed by atoms with Crippen LogP contribution in [0, 0.1) is 0 Å². The predicted molar refractivity (Wildman–Crippen MR) is 129 cm³/mol. The van der Waals surface area contributed by atoms with Crippen molar-refractivity contribution < 1.29 is 0 Å². The van der Waals surface area contributed by atoms with E-state index in [0.717, 1.165) is 6.42 Å². The zero-order valence-electron chi connectivity index (χ0n) is 17.4. The molecule has 0 heterocycles. The van der Waals surface area contributed by atoms with Gasteiger partial charge in [-0.25, -0.2) is 0 Å². The van der Waals surface area contributed by atoms with Crippen molar-refractivity contribution in [2.75, 3.05) is 0 Å². The summed E-state index contributed by atoms with van der Waals surface area (Å²) in [5.41, 5.74) is 1.66. The van der Waals surface area contributed by atoms with Gasteiger partial charge >= 0.3 is 177 Å². The van der Waals surface area contributed by atoms with Crippen molar-refractivity contribution in [1.29, 1.82) is 0 Å². The van der Waals surface area contributed by atoms with E-state index in [4.69, 9.17) is 0 Å². The minimum atomic E-state index is -3.46. The zero-order chi connectivity index (χ0) is 19.8. The normalized spacial score (nSPS) is 12.0. The van der Waals surface area contributed by atoms with E-state index >= 15 is 0 Å². The van der Waals surface area contributed by atoms with Gasteiger partial charge in [-0.2, -0.15) is 0 Å². The number of allylic oxidation sites excluding steroid dienone is 1. The molecule has 0 spiro atoms. The van der Waals surface area contributed by atoms with Gasteiger partial charge in [-0.15, -0.1) is 0 Å². The Morgan fingerprint density at radius 3 is 1.29 bits per heavy atom. The molecule has 0 radical (unpaired) electrons. The van der Waals surface area contributed by atoms with E-state index in [-0.39, 0.29) is 0 Å². The number of rotatable bonds is 8. The average molecular weight is 562 g/mol. The molecule has 0 fully saturated rings. The fraction of sp³-hybridized carbons (Fsp3) is 0.231. The fourth-order valence-electron chi connectivity index (χ4n) is 4.45. The number of benzene rings is 3. The molecule has 0 aliphatic carbocycles. The SMILES string of the molecule is CCB(CC)/C(=[CH]\[Pb]([c]1ccccc1)([c]1ccccc1)[c]1ccccc1)CC. The Balaban J connectivity index is 2.37. The van der Waals surface area contributed by atoms with Crippen molar-refractivity contribution in [1.82, 2.24) is 0 Å². The molecular formula is C26H31BPb. The van der Waals surface area contributed by atoms with Gasteiger partial charge in [0.05, 0.1) is 0 Å². The van der Waals surface area contributed by atoms with E-state index in [0.29, 0.717) is 6.71 Å². The molecule has 0 nitrogen and oxygen atoms in total. The van der Waals surface area contributed by atoms with Gasteiger partial charge in [-0.1, -0.05) is 0 Å². The summed E-state index contributed by atoms with van der Waals surface area (Å²) in [6.07, 6.45) is 3.58. The van der Waals surface area contributed by atoms with Gasteiger partial charge in [0, 0.05) is 0 Å². The minimum absolute atomic E-state index is 0.681. The third-order valence-electron chi connectivity index (χ3n) is 6.01. The molecule has 142 valence electrons. The van der Waals surface area contributed by atoms with Gasteiger partial charge in [-0.05, 0) is 0 Å². The van der Waals surface area contributed by atoms with Crippen LogP contribution in [0.5, 0.6) is 0 Å². The van der Waals surface area contributed by atoms with Crippen molar-refractivity contribution in [2.24, 2.45) is 0 Å². The molecule has 0 aliphatic heterocycles. The van der Waals surface area contributed by atoms with E-state index < -0.39 is 21.2 Å². The van der Waals surface area contributed by atoms with Crippen LogP contribution in [0.1, 0.15) is 27.2 Å². The summed E-state index contributed by atoms with van der Waals surface area (Å²) >= 11 is -3.46. The fourth-order valence-corrected chi connectivity index (χ4v) is 22.5. The summed E-state index contributed by atoms with van der Waals surface area (Å²) in [7, 11) is 0. The van der Waals surface area contributed by atoms with Crippen molar-refractivity contribution in [3.8, 4) is 0 Å². The van der Waals surface area contributed by atoms with Crippen LogP contribution in [-0.2, 0) is 0 Å². The maximum atomic E-state index is 2.80. The third kappa shape index (κ3) is 4.35. The molecule has 2 heteroatoms. The third-order valence-corrected chi connectivity index (χ3v) is 23.6. The van der Waals surface area contributed by atoms with Gasteiger partial charge in [0.1, 0.15) is 0 Å². The first-order chi connectivity index (χ1) is 13.8. The van der Waals surface area contributed by atoms with Crippen LogP contribution in [0.2, 0.25) is 12.6 Å². The molecule has 3 rings (SSSR count). The van der Waals surface area contributed by atoms with Crippen LogP contribution in [0.15, 0.2) is 100 Å². The van der Waals surface area contributed by atoms with E-state index in [1.807, 2.05) is 0 Å². The standard InChI is InChI=1S/C8H16B.3C6H5.Pb/c1-5-8(4)9(6-2)7-3;3*1-2-4-6-5-3-1;/h4H,5-7H2,1-3H3;3*1-5H;. The Kier molecular flexibility index (Phi) is 7.72. The molecule has 3 aromatic carbocycles. The first-order valence-electron chi connectivity index (χ1n) is 10.6. The zero-order valence-corrected chi connectivity index (χ0v) is 21.3. The van der Waals surface area contributed by atoms with Crippen LogP contribution < -0.4 is 9.37 Å². The van der Waals surface area contributed by atoms with Gasteiger partial charge in [0.15, 0.2) is 0 Å². The quantitative estimate of drug-likeness (QED) is 0.336. The Morgan fingerprint density at radius 1 is 0.643 bits per heavy atom. The van der Waals surface area contributed by atoms with Crippen molar-refractivity contribution in [2.45, 2.75) is 39.8 Å². The second-order valence-electron chi connectivity index (χ2n) is 7.49. The summed E-state index contributed by atoms with van der Waals surface area (Å²) in [6, 6.07) is 34.0. The van der Waals surface area contributed by atoms with Crippen LogP contribution in [0.4, 0.5) is 0 Å². The summed E-state index contributed by atoms with van der Waals surface area (Å²) in [5.74, 6) is 0. The molecule has 0 saturated carbocycles. The molecule has 0 saturated heterocycles. The van der Waals surface area contributed by atoms with E-state index in [1.165, 1.54) is 12.6 Å². The van der Waals surface area contributed by atoms with Crippen molar-refractivity contribution in [3.63, 3.8) is 0 Å². The maximum absolute atomic E-state index is 3.46. The number of hydrogen-bond acceptors (Lipinski definition) is 0. The van der Waals surface area contributed by atoms with Crippen LogP contribution in [-0.4, -0.2) is 27.9 Å². The summed E-state index contributed by atoms with van der Waals surface area (Å²) in [6.45, 7) is 7.69. The molecule has 0 atom stereocenters. The molecule has 0 aliphatic rings. The first-order valence-corrected chi connectivity index (χ1v) is 18.7. The predicted octanol–water partition coefficient (Wildman–Crippen LogP) is 5.11. The topological polar surface area (TPSA) is 0 Å². The van der Waals surface area contributed by atoms with Gasteiger partial charge in [0.25, 0.3) is 0 Å². The average Bonchev–Trinajstić information content (AvgIpc) is 2.78. The van der Waals surface area contributed by atoms with Crippen LogP contribution >= 0.6 is 0 Å². The van der Waals surface area contributed by atoms with Gasteiger partial charge in [0.2, 0.25) is 0 Å². The van der Waals surface area contributed by atoms with Crippen LogP contribution in [0.3, 0.4) is 0 Å². The summed E-state index contributed by atoms with van der Waals surface area (Å²) in [4.78, 5) is 0. The van der Waals surface area contributed by atoms with Gasteiger partial charge < -0.3 is 0 Å². The van der Waals surface area contributed by atoms with Crippen molar-refractivity contribution >= 4 is 37.3 Å². The van der Waals surface area contributed by atoms with E-state index in [2.05, 4.69) is 115 Å². The molecular weight excluding hydrogens is 530 g/mol. The molecule has 0 bridgehead atoms. The molecule has 28 heavy (non-hydrogen) atoms. The van der Waals surface area contributed by atoms with Crippen LogP contribution in [0.25, 0.3) is 0 Å². The van der Waals surface area contributed by atoms with Crippen molar-refractivity contribution in [3.05, 3.63) is 100 Å². The monoisotopic (exact) mass is 562 g/mol. The number of hydrogen-bond donors (Lipinski definition) is 0. The first kappa shape index (κ1) is 21.1. The Labute approximate surface area is 176 Å². The summed E-state index contributed by atoms with van der Waals surface area (Å²) < 4.78 is 7.43.